The number of hydrogen-bond acceptors (Lipinski definition) is 6. The number of piperidine rings is 1. The quantitative estimate of drug-likeness (QED) is 0.486. The smallest absolute Gasteiger partial charge is 0.347 e. The summed E-state index contributed by atoms with van der Waals surface area (Å²) >= 11 is 0. The van der Waals surface area contributed by atoms with E-state index in [2.05, 4.69) is 4.90 Å². The lowest BCUT2D eigenvalue weighted by Gasteiger charge is -2.25. The van der Waals surface area contributed by atoms with Crippen molar-refractivity contribution in [3.63, 3.8) is 0 Å². The average Bonchev–Trinajstić information content (AvgIpc) is 2.59. The van der Waals surface area contributed by atoms with Crippen LogP contribution in [0, 0.1) is 5.21 Å². The molecule has 0 bridgehead atoms. The van der Waals surface area contributed by atoms with E-state index in [-0.39, 0.29) is 29.0 Å². The van der Waals surface area contributed by atoms with Crippen LogP contribution in [0.3, 0.4) is 0 Å². The van der Waals surface area contributed by atoms with Crippen molar-refractivity contribution < 1.29 is 19.6 Å². The van der Waals surface area contributed by atoms with Gasteiger partial charge < -0.3 is 14.5 Å². The Morgan fingerprint density at radius 3 is 2.71 bits per heavy atom. The summed E-state index contributed by atoms with van der Waals surface area (Å²) < 4.78 is 5.16. The van der Waals surface area contributed by atoms with E-state index in [0.717, 1.165) is 25.9 Å². The molecule has 1 aliphatic rings. The van der Waals surface area contributed by atoms with Crippen molar-refractivity contribution in [2.45, 2.75) is 25.7 Å². The van der Waals surface area contributed by atoms with Gasteiger partial charge in [0.05, 0.1) is 0 Å². The monoisotopic (exact) mass is 332 g/mol. The van der Waals surface area contributed by atoms with Gasteiger partial charge in [0.15, 0.2) is 11.5 Å². The molecule has 7 heteroatoms. The third kappa shape index (κ3) is 3.70. The summed E-state index contributed by atoms with van der Waals surface area (Å²) in [5.74, 6) is -0.267. The Morgan fingerprint density at radius 2 is 2.00 bits per heavy atom. The molecule has 1 aromatic heterocycles. The first kappa shape index (κ1) is 16.8. The van der Waals surface area contributed by atoms with Gasteiger partial charge in [-0.15, -0.1) is 0 Å². The van der Waals surface area contributed by atoms with Gasteiger partial charge in [-0.2, -0.15) is 5.23 Å². The number of carbonyl (C=O) groups is 1. The first-order valence-corrected chi connectivity index (χ1v) is 8.11. The molecule has 128 valence electrons. The van der Waals surface area contributed by atoms with Gasteiger partial charge in [0.1, 0.15) is 11.1 Å². The molecule has 7 nitrogen and oxygen atoms in total. The third-order valence-electron chi connectivity index (χ3n) is 4.38. The highest BCUT2D eigenvalue weighted by molar-refractivity contribution is 5.98. The van der Waals surface area contributed by atoms with E-state index in [0.29, 0.717) is 11.9 Å². The minimum atomic E-state index is -1.07. The zero-order chi connectivity index (χ0) is 17.1. The molecule has 2 N–H and O–H groups in total. The number of ketones is 1. The number of quaternary nitrogens is 1. The zero-order valence-corrected chi connectivity index (χ0v) is 13.3. The Balaban J connectivity index is 1.80. The fourth-order valence-corrected chi connectivity index (χ4v) is 3.03. The highest BCUT2D eigenvalue weighted by Gasteiger charge is 2.17. The van der Waals surface area contributed by atoms with E-state index in [1.165, 1.54) is 30.7 Å². The first-order chi connectivity index (χ1) is 11.5. The second-order valence-electron chi connectivity index (χ2n) is 6.08. The van der Waals surface area contributed by atoms with Gasteiger partial charge in [-0.3, -0.25) is 4.79 Å². The predicted octanol–water partition coefficient (Wildman–Crippen LogP) is 1.26. The minimum absolute atomic E-state index is 0.0120. The van der Waals surface area contributed by atoms with Crippen LogP contribution >= 0.6 is 0 Å². The van der Waals surface area contributed by atoms with Crippen molar-refractivity contribution >= 4 is 22.4 Å². The van der Waals surface area contributed by atoms with Crippen molar-refractivity contribution in [1.29, 1.82) is 0 Å². The zero-order valence-electron chi connectivity index (χ0n) is 13.3. The van der Waals surface area contributed by atoms with Gasteiger partial charge in [-0.1, -0.05) is 6.42 Å². The number of fused-ring (bicyclic) bond motifs is 1. The van der Waals surface area contributed by atoms with Crippen molar-refractivity contribution in [1.82, 2.24) is 4.90 Å². The van der Waals surface area contributed by atoms with Crippen LogP contribution in [-0.4, -0.2) is 35.5 Å². The number of benzene rings is 1. The van der Waals surface area contributed by atoms with Crippen LogP contribution in [0.25, 0.3) is 11.0 Å². The maximum Gasteiger partial charge on any atom is 0.347 e. The lowest BCUT2D eigenvalue weighted by molar-refractivity contribution is -0.991. The molecule has 1 atom stereocenters. The molecular weight excluding hydrogens is 312 g/mol. The van der Waals surface area contributed by atoms with Crippen LogP contribution in [0.15, 0.2) is 33.5 Å². The number of rotatable bonds is 5. The van der Waals surface area contributed by atoms with E-state index < -0.39 is 10.9 Å². The molecule has 24 heavy (non-hydrogen) atoms. The van der Waals surface area contributed by atoms with Gasteiger partial charge in [-0.25, -0.2) is 10.0 Å². The normalized spacial score (nSPS) is 17.1. The lowest BCUT2D eigenvalue weighted by atomic mass is 10.1. The van der Waals surface area contributed by atoms with Gasteiger partial charge in [0.25, 0.3) is 0 Å². The van der Waals surface area contributed by atoms with E-state index in [1.54, 1.807) is 0 Å². The molecule has 0 radical (unpaired) electrons. The second-order valence-corrected chi connectivity index (χ2v) is 6.08. The largest absolute Gasteiger partial charge is 0.595 e. The molecule has 2 heterocycles. The topological polar surface area (TPSA) is 98.2 Å². The van der Waals surface area contributed by atoms with Crippen LogP contribution in [0.1, 0.15) is 36.0 Å². The molecule has 1 saturated heterocycles. The highest BCUT2D eigenvalue weighted by Crippen LogP contribution is 2.18. The van der Waals surface area contributed by atoms with Crippen LogP contribution in [0.2, 0.25) is 0 Å². The second kappa shape index (κ2) is 7.23. The first-order valence-electron chi connectivity index (χ1n) is 8.11. The Hall–Kier alpha value is -2.06. The number of nitrogens with one attached hydrogen (secondary N) is 1. The van der Waals surface area contributed by atoms with Gasteiger partial charge in [0.2, 0.25) is 0 Å². The fraction of sp³-hybridized carbons (Fsp3) is 0.412. The molecule has 2 aromatic rings. The molecule has 0 saturated carbocycles. The summed E-state index contributed by atoms with van der Waals surface area (Å²) in [6.07, 6.45) is 3.77. The molecule has 1 unspecified atom stereocenters. The SMILES string of the molecule is O=C(CCN1CCCCC1)c1cc2cc([NH+]([O-])O)ccc2oc1=O. The molecule has 1 aliphatic heterocycles. The van der Waals surface area contributed by atoms with Crippen molar-refractivity contribution in [2.24, 2.45) is 0 Å². The average molecular weight is 332 g/mol. The molecule has 1 fully saturated rings. The standard InChI is InChI=1S/C17H20N2O5/c20-15(6-9-18-7-2-1-3-8-18)14-11-12-10-13(19(22)23)4-5-16(12)24-17(14)21/h4-5,10-11,19,22H,1-3,6-9H2. The van der Waals surface area contributed by atoms with Gasteiger partial charge in [0, 0.05) is 30.5 Å². The third-order valence-corrected chi connectivity index (χ3v) is 4.38. The van der Waals surface area contributed by atoms with Gasteiger partial charge in [-0.05, 0) is 38.1 Å². The number of hydrogen-bond donors (Lipinski definition) is 2. The van der Waals surface area contributed by atoms with Crippen LogP contribution < -0.4 is 10.9 Å². The van der Waals surface area contributed by atoms with Crippen LogP contribution in [0.4, 0.5) is 5.69 Å². The molecule has 1 aromatic carbocycles. The summed E-state index contributed by atoms with van der Waals surface area (Å²) in [6, 6.07) is 5.64. The van der Waals surface area contributed by atoms with E-state index >= 15 is 0 Å². The Bertz CT molecular complexity index is 793. The van der Waals surface area contributed by atoms with E-state index in [4.69, 9.17) is 9.62 Å². The Morgan fingerprint density at radius 1 is 1.25 bits per heavy atom. The van der Waals surface area contributed by atoms with E-state index in [9.17, 15) is 14.8 Å². The number of carbonyl (C=O) groups excluding carboxylic acids is 1. The molecule has 3 rings (SSSR count). The number of likely N-dealkylation sites (tertiary alicyclic amines) is 1. The molecule has 0 aliphatic carbocycles. The fourth-order valence-electron chi connectivity index (χ4n) is 3.03. The minimum Gasteiger partial charge on any atom is -0.595 e. The van der Waals surface area contributed by atoms with Crippen molar-refractivity contribution in [2.75, 3.05) is 19.6 Å². The summed E-state index contributed by atoms with van der Waals surface area (Å²) in [5, 5.41) is 19.5. The van der Waals surface area contributed by atoms with Crippen LogP contribution in [-0.2, 0) is 0 Å². The summed E-state index contributed by atoms with van der Waals surface area (Å²) in [4.78, 5) is 26.6. The molecule has 0 amide bonds. The van der Waals surface area contributed by atoms with Gasteiger partial charge >= 0.3 is 5.63 Å². The number of nitrogens with zero attached hydrogens (tertiary/aromatic N) is 1. The number of Topliss-reactive ketones (excluding diaryl/α,β-unsaturated/α-hetero) is 1. The highest BCUT2D eigenvalue weighted by atomic mass is 16.8. The van der Waals surface area contributed by atoms with Crippen molar-refractivity contribution in [3.8, 4) is 0 Å². The Kier molecular flexibility index (Phi) is 5.06. The maximum absolute atomic E-state index is 12.4. The predicted molar refractivity (Wildman–Crippen MR) is 87.5 cm³/mol. The van der Waals surface area contributed by atoms with Crippen LogP contribution in [0.5, 0.6) is 0 Å². The molecule has 0 spiro atoms. The van der Waals surface area contributed by atoms with Crippen molar-refractivity contribution in [3.05, 3.63) is 45.5 Å². The summed E-state index contributed by atoms with van der Waals surface area (Å²) in [7, 11) is 0. The summed E-state index contributed by atoms with van der Waals surface area (Å²) in [6.45, 7) is 2.61. The summed E-state index contributed by atoms with van der Waals surface area (Å²) in [5.41, 5.74) is -0.322. The maximum atomic E-state index is 12.4. The lowest BCUT2D eigenvalue weighted by Crippen LogP contribution is -2.99. The molecular formula is C17H20N2O5. The Labute approximate surface area is 138 Å². The van der Waals surface area contributed by atoms with E-state index in [1.807, 2.05) is 0 Å².